The van der Waals surface area contributed by atoms with Crippen LogP contribution in [0.15, 0.2) is 11.6 Å². The second-order valence-electron chi connectivity index (χ2n) is 4.34. The molecule has 2 heterocycles. The molecule has 2 N–H and O–H groups in total. The summed E-state index contributed by atoms with van der Waals surface area (Å²) in [5.41, 5.74) is 0. The summed E-state index contributed by atoms with van der Waals surface area (Å²) in [6.45, 7) is 2.11. The molecule has 2 rings (SSSR count). The summed E-state index contributed by atoms with van der Waals surface area (Å²) in [6, 6.07) is 0. The first-order chi connectivity index (χ1) is 8.62. The number of piperidine rings is 1. The quantitative estimate of drug-likeness (QED) is 0.838. The van der Waals surface area contributed by atoms with Gasteiger partial charge in [0.25, 0.3) is 0 Å². The van der Waals surface area contributed by atoms with Crippen molar-refractivity contribution < 1.29 is 8.42 Å². The van der Waals surface area contributed by atoms with Crippen molar-refractivity contribution >= 4 is 26.7 Å². The predicted octanol–water partition coefficient (Wildman–Crippen LogP) is 0.731. The minimum absolute atomic E-state index is 0.423. The lowest BCUT2D eigenvalue weighted by Gasteiger charge is -2.30. The number of nitrogens with zero attached hydrogens (tertiary/aromatic N) is 2. The van der Waals surface area contributed by atoms with E-state index in [9.17, 15) is 8.42 Å². The average Bonchev–Trinajstić information content (AvgIpc) is 2.82. The van der Waals surface area contributed by atoms with E-state index in [0.29, 0.717) is 24.1 Å². The second kappa shape index (κ2) is 5.96. The molecule has 0 bridgehead atoms. The van der Waals surface area contributed by atoms with Gasteiger partial charge in [-0.15, -0.1) is 11.3 Å². The van der Waals surface area contributed by atoms with Crippen LogP contribution in [0.5, 0.6) is 0 Å². The van der Waals surface area contributed by atoms with Crippen LogP contribution in [0.4, 0.5) is 5.13 Å². The van der Waals surface area contributed by atoms with Gasteiger partial charge >= 0.3 is 10.2 Å². The molecule has 0 amide bonds. The normalized spacial score (nSPS) is 18.9. The highest BCUT2D eigenvalue weighted by molar-refractivity contribution is 7.90. The fourth-order valence-corrected chi connectivity index (χ4v) is 4.07. The second-order valence-corrected chi connectivity index (χ2v) is 6.91. The van der Waals surface area contributed by atoms with Gasteiger partial charge in [0, 0.05) is 24.7 Å². The Balaban J connectivity index is 1.92. The Bertz CT molecular complexity index is 452. The van der Waals surface area contributed by atoms with Gasteiger partial charge in [0.05, 0.1) is 0 Å². The molecule has 102 valence electrons. The number of thiazole rings is 1. The van der Waals surface area contributed by atoms with Crippen LogP contribution in [0.3, 0.4) is 0 Å². The van der Waals surface area contributed by atoms with E-state index >= 15 is 0 Å². The Morgan fingerprint density at radius 3 is 2.78 bits per heavy atom. The Labute approximate surface area is 112 Å². The lowest BCUT2D eigenvalue weighted by atomic mass is 9.98. The Kier molecular flexibility index (Phi) is 4.55. The zero-order valence-electron chi connectivity index (χ0n) is 10.3. The van der Waals surface area contributed by atoms with E-state index in [4.69, 9.17) is 0 Å². The molecule has 8 heteroatoms. The molecule has 0 aliphatic carbocycles. The fourth-order valence-electron chi connectivity index (χ4n) is 2.09. The molecular formula is C10H18N4O2S2. The van der Waals surface area contributed by atoms with E-state index in [2.05, 4.69) is 15.0 Å². The van der Waals surface area contributed by atoms with Crippen molar-refractivity contribution in [3.05, 3.63) is 11.6 Å². The average molecular weight is 290 g/mol. The Morgan fingerprint density at radius 2 is 2.22 bits per heavy atom. The minimum Gasteiger partial charge on any atom is -0.319 e. The van der Waals surface area contributed by atoms with E-state index in [1.165, 1.54) is 15.6 Å². The summed E-state index contributed by atoms with van der Waals surface area (Å²) >= 11 is 1.28. The van der Waals surface area contributed by atoms with E-state index in [1.807, 2.05) is 7.05 Å². The number of hydrogen-bond acceptors (Lipinski definition) is 5. The van der Waals surface area contributed by atoms with E-state index in [0.717, 1.165) is 19.4 Å². The minimum atomic E-state index is -3.43. The molecule has 1 aromatic heterocycles. The molecule has 0 atom stereocenters. The molecule has 18 heavy (non-hydrogen) atoms. The summed E-state index contributed by atoms with van der Waals surface area (Å²) in [7, 11) is -1.51. The molecule has 1 aliphatic heterocycles. The Hall–Kier alpha value is -0.700. The third kappa shape index (κ3) is 3.41. The summed E-state index contributed by atoms with van der Waals surface area (Å²) in [5.74, 6) is 0.571. The zero-order valence-corrected chi connectivity index (χ0v) is 11.9. The van der Waals surface area contributed by atoms with E-state index in [1.54, 1.807) is 11.6 Å². The first-order valence-electron chi connectivity index (χ1n) is 5.94. The van der Waals surface area contributed by atoms with E-state index in [-0.39, 0.29) is 0 Å². The van der Waals surface area contributed by atoms with Crippen LogP contribution in [0.25, 0.3) is 0 Å². The highest BCUT2D eigenvalue weighted by Gasteiger charge is 2.28. The molecule has 1 saturated heterocycles. The van der Waals surface area contributed by atoms with E-state index < -0.39 is 10.2 Å². The van der Waals surface area contributed by atoms with Crippen LogP contribution in [-0.4, -0.2) is 44.4 Å². The number of anilines is 1. The molecule has 6 nitrogen and oxygen atoms in total. The van der Waals surface area contributed by atoms with Crippen LogP contribution in [-0.2, 0) is 10.2 Å². The van der Waals surface area contributed by atoms with Crippen LogP contribution < -0.4 is 10.0 Å². The number of hydrogen-bond donors (Lipinski definition) is 2. The summed E-state index contributed by atoms with van der Waals surface area (Å²) in [6.07, 6.45) is 3.39. The number of nitrogens with one attached hydrogen (secondary N) is 2. The molecular weight excluding hydrogens is 272 g/mol. The lowest BCUT2D eigenvalue weighted by Crippen LogP contribution is -2.43. The predicted molar refractivity (Wildman–Crippen MR) is 72.9 cm³/mol. The third-order valence-corrected chi connectivity index (χ3v) is 5.37. The zero-order chi connectivity index (χ0) is 13.0. The Morgan fingerprint density at radius 1 is 1.50 bits per heavy atom. The molecule has 0 unspecified atom stereocenters. The lowest BCUT2D eigenvalue weighted by molar-refractivity contribution is 0.272. The molecule has 0 saturated carbocycles. The number of rotatable bonds is 5. The van der Waals surface area contributed by atoms with Crippen molar-refractivity contribution in [3.8, 4) is 0 Å². The van der Waals surface area contributed by atoms with Crippen molar-refractivity contribution in [1.29, 1.82) is 0 Å². The van der Waals surface area contributed by atoms with Crippen LogP contribution in [0.1, 0.15) is 12.8 Å². The van der Waals surface area contributed by atoms with Crippen molar-refractivity contribution in [2.75, 3.05) is 31.4 Å². The standard InChI is InChI=1S/C10H18N4O2S2/c1-11-8-9-2-5-14(6-3-9)18(15,16)13-10-12-4-7-17-10/h4,7,9,11H,2-3,5-6,8H2,1H3,(H,12,13). The van der Waals surface area contributed by atoms with Gasteiger partial charge in [0.1, 0.15) is 0 Å². The van der Waals surface area contributed by atoms with Crippen molar-refractivity contribution in [1.82, 2.24) is 14.6 Å². The van der Waals surface area contributed by atoms with Gasteiger partial charge in [-0.3, -0.25) is 0 Å². The van der Waals surface area contributed by atoms with Crippen LogP contribution in [0.2, 0.25) is 0 Å². The van der Waals surface area contributed by atoms with Crippen molar-refractivity contribution in [3.63, 3.8) is 0 Å². The van der Waals surface area contributed by atoms with Gasteiger partial charge in [-0.2, -0.15) is 12.7 Å². The SMILES string of the molecule is CNCC1CCN(S(=O)(=O)Nc2nccs2)CC1. The van der Waals surface area contributed by atoms with Crippen LogP contribution >= 0.6 is 11.3 Å². The van der Waals surface area contributed by atoms with Crippen molar-refractivity contribution in [2.45, 2.75) is 12.8 Å². The monoisotopic (exact) mass is 290 g/mol. The highest BCUT2D eigenvalue weighted by atomic mass is 32.2. The summed E-state index contributed by atoms with van der Waals surface area (Å²) in [4.78, 5) is 3.93. The molecule has 1 aliphatic rings. The molecule has 1 fully saturated rings. The van der Waals surface area contributed by atoms with Gasteiger partial charge in [0.15, 0.2) is 5.13 Å². The first kappa shape index (κ1) is 13.7. The molecule has 0 aromatic carbocycles. The van der Waals surface area contributed by atoms with Crippen molar-refractivity contribution in [2.24, 2.45) is 5.92 Å². The van der Waals surface area contributed by atoms with Gasteiger partial charge in [-0.05, 0) is 32.4 Å². The largest absolute Gasteiger partial charge is 0.319 e. The molecule has 1 aromatic rings. The van der Waals surface area contributed by atoms with Gasteiger partial charge < -0.3 is 5.32 Å². The highest BCUT2D eigenvalue weighted by Crippen LogP contribution is 2.21. The maximum atomic E-state index is 12.1. The van der Waals surface area contributed by atoms with Crippen LogP contribution in [0, 0.1) is 5.92 Å². The number of aromatic nitrogens is 1. The van der Waals surface area contributed by atoms with Gasteiger partial charge in [0.2, 0.25) is 0 Å². The first-order valence-corrected chi connectivity index (χ1v) is 8.26. The summed E-state index contributed by atoms with van der Waals surface area (Å²) in [5, 5.41) is 5.31. The smallest absolute Gasteiger partial charge is 0.303 e. The maximum absolute atomic E-state index is 12.1. The third-order valence-electron chi connectivity index (χ3n) is 3.05. The van der Waals surface area contributed by atoms with Gasteiger partial charge in [-0.25, -0.2) is 9.71 Å². The topological polar surface area (TPSA) is 74.3 Å². The van der Waals surface area contributed by atoms with Gasteiger partial charge in [-0.1, -0.05) is 0 Å². The molecule has 0 spiro atoms. The fraction of sp³-hybridized carbons (Fsp3) is 0.700. The maximum Gasteiger partial charge on any atom is 0.303 e. The summed E-state index contributed by atoms with van der Waals surface area (Å²) < 4.78 is 28.2. The molecule has 0 radical (unpaired) electrons.